The topological polar surface area (TPSA) is 55.0 Å². The van der Waals surface area contributed by atoms with E-state index in [2.05, 4.69) is 48.0 Å². The molecule has 0 aromatic carbocycles. The standard InChI is InChI=1S/C14H22N4/c1-13(2,3)11-4-5-12(17-16-11)18-8-14(9-18)6-10(15)7-14/h4-5,10H,6-9,15H2,1-3H3. The summed E-state index contributed by atoms with van der Waals surface area (Å²) in [5, 5.41) is 8.70. The summed E-state index contributed by atoms with van der Waals surface area (Å²) < 4.78 is 0. The zero-order valence-corrected chi connectivity index (χ0v) is 11.5. The summed E-state index contributed by atoms with van der Waals surface area (Å²) in [6.07, 6.45) is 2.36. The van der Waals surface area contributed by atoms with Crippen LogP contribution in [-0.4, -0.2) is 29.3 Å². The zero-order chi connectivity index (χ0) is 13.0. The van der Waals surface area contributed by atoms with Crippen LogP contribution in [0.5, 0.6) is 0 Å². The third kappa shape index (κ3) is 1.88. The molecule has 4 nitrogen and oxygen atoms in total. The maximum Gasteiger partial charge on any atom is 0.151 e. The van der Waals surface area contributed by atoms with Gasteiger partial charge in [-0.1, -0.05) is 20.8 Å². The SMILES string of the molecule is CC(C)(C)c1ccc(N2CC3(CC(N)C3)C2)nn1. The highest BCUT2D eigenvalue weighted by Gasteiger charge is 2.51. The van der Waals surface area contributed by atoms with Crippen LogP contribution in [0.15, 0.2) is 12.1 Å². The van der Waals surface area contributed by atoms with Gasteiger partial charge in [0.15, 0.2) is 5.82 Å². The molecule has 2 aliphatic rings. The zero-order valence-electron chi connectivity index (χ0n) is 11.5. The molecule has 98 valence electrons. The fraction of sp³-hybridized carbons (Fsp3) is 0.714. The average Bonchev–Trinajstić information content (AvgIpc) is 2.20. The highest BCUT2D eigenvalue weighted by molar-refractivity contribution is 5.43. The predicted molar refractivity (Wildman–Crippen MR) is 72.6 cm³/mol. The average molecular weight is 246 g/mol. The first kappa shape index (κ1) is 11.9. The fourth-order valence-electron chi connectivity index (χ4n) is 3.13. The van der Waals surface area contributed by atoms with Gasteiger partial charge >= 0.3 is 0 Å². The van der Waals surface area contributed by atoms with Crippen molar-refractivity contribution in [3.63, 3.8) is 0 Å². The van der Waals surface area contributed by atoms with E-state index in [1.807, 2.05) is 0 Å². The summed E-state index contributed by atoms with van der Waals surface area (Å²) in [6.45, 7) is 8.68. The van der Waals surface area contributed by atoms with Crippen molar-refractivity contribution >= 4 is 5.82 Å². The van der Waals surface area contributed by atoms with Gasteiger partial charge in [0.25, 0.3) is 0 Å². The third-order valence-corrected chi connectivity index (χ3v) is 4.19. The lowest BCUT2D eigenvalue weighted by atomic mass is 9.61. The van der Waals surface area contributed by atoms with Crippen LogP contribution in [0.3, 0.4) is 0 Å². The van der Waals surface area contributed by atoms with Gasteiger partial charge in [-0.3, -0.25) is 0 Å². The van der Waals surface area contributed by atoms with Crippen molar-refractivity contribution in [1.82, 2.24) is 10.2 Å². The normalized spacial score (nSPS) is 22.8. The summed E-state index contributed by atoms with van der Waals surface area (Å²) in [5.41, 5.74) is 7.49. The third-order valence-electron chi connectivity index (χ3n) is 4.19. The fourth-order valence-corrected chi connectivity index (χ4v) is 3.13. The number of hydrogen-bond donors (Lipinski definition) is 1. The lowest BCUT2D eigenvalue weighted by molar-refractivity contribution is 0.0657. The molecule has 3 rings (SSSR count). The van der Waals surface area contributed by atoms with Gasteiger partial charge in [-0.2, -0.15) is 5.10 Å². The minimum atomic E-state index is 0.0719. The highest BCUT2D eigenvalue weighted by Crippen LogP contribution is 2.48. The minimum Gasteiger partial charge on any atom is -0.354 e. The number of rotatable bonds is 1. The van der Waals surface area contributed by atoms with Gasteiger partial charge in [-0.05, 0) is 25.0 Å². The molecular weight excluding hydrogens is 224 g/mol. The lowest BCUT2D eigenvalue weighted by Crippen LogP contribution is -2.65. The van der Waals surface area contributed by atoms with Crippen LogP contribution in [0.4, 0.5) is 5.82 Å². The van der Waals surface area contributed by atoms with Crippen molar-refractivity contribution < 1.29 is 0 Å². The molecule has 0 radical (unpaired) electrons. The second kappa shape index (κ2) is 3.67. The molecule has 0 bridgehead atoms. The Morgan fingerprint density at radius 3 is 2.33 bits per heavy atom. The van der Waals surface area contributed by atoms with E-state index >= 15 is 0 Å². The summed E-state index contributed by atoms with van der Waals surface area (Å²) in [6, 6.07) is 4.63. The van der Waals surface area contributed by atoms with E-state index in [0.29, 0.717) is 11.5 Å². The van der Waals surface area contributed by atoms with Crippen molar-refractivity contribution in [3.05, 3.63) is 17.8 Å². The minimum absolute atomic E-state index is 0.0719. The van der Waals surface area contributed by atoms with Gasteiger partial charge in [-0.15, -0.1) is 5.10 Å². The van der Waals surface area contributed by atoms with Crippen LogP contribution in [0, 0.1) is 5.41 Å². The lowest BCUT2D eigenvalue weighted by Gasteiger charge is -2.58. The van der Waals surface area contributed by atoms with E-state index < -0.39 is 0 Å². The monoisotopic (exact) mass is 246 g/mol. The second-order valence-corrected chi connectivity index (χ2v) is 7.05. The van der Waals surface area contributed by atoms with E-state index in [1.54, 1.807) is 0 Å². The molecule has 0 amide bonds. The Morgan fingerprint density at radius 1 is 1.22 bits per heavy atom. The van der Waals surface area contributed by atoms with Gasteiger partial charge in [0.05, 0.1) is 5.69 Å². The van der Waals surface area contributed by atoms with Crippen LogP contribution in [0.1, 0.15) is 39.3 Å². The Kier molecular flexibility index (Phi) is 2.43. The maximum absolute atomic E-state index is 5.87. The quantitative estimate of drug-likeness (QED) is 0.819. The molecule has 1 aromatic heterocycles. The predicted octanol–water partition coefficient (Wildman–Crippen LogP) is 1.70. The number of anilines is 1. The van der Waals surface area contributed by atoms with Crippen LogP contribution in [-0.2, 0) is 5.41 Å². The number of aromatic nitrogens is 2. The van der Waals surface area contributed by atoms with Crippen molar-refractivity contribution in [3.8, 4) is 0 Å². The van der Waals surface area contributed by atoms with E-state index in [1.165, 1.54) is 12.8 Å². The van der Waals surface area contributed by atoms with E-state index in [-0.39, 0.29) is 5.41 Å². The molecule has 1 aromatic rings. The van der Waals surface area contributed by atoms with E-state index in [4.69, 9.17) is 5.73 Å². The second-order valence-electron chi connectivity index (χ2n) is 7.05. The maximum atomic E-state index is 5.87. The molecule has 1 spiro atoms. The molecule has 1 aliphatic heterocycles. The van der Waals surface area contributed by atoms with Gasteiger partial charge < -0.3 is 10.6 Å². The van der Waals surface area contributed by atoms with Gasteiger partial charge in [0.1, 0.15) is 0 Å². The Bertz CT molecular complexity index is 432. The van der Waals surface area contributed by atoms with Crippen LogP contribution in [0.2, 0.25) is 0 Å². The van der Waals surface area contributed by atoms with Crippen LogP contribution < -0.4 is 10.6 Å². The number of nitrogens with two attached hydrogens (primary N) is 1. The van der Waals surface area contributed by atoms with Crippen molar-refractivity contribution in [1.29, 1.82) is 0 Å². The molecule has 2 N–H and O–H groups in total. The first-order valence-corrected chi connectivity index (χ1v) is 6.73. The summed E-state index contributed by atoms with van der Waals surface area (Å²) in [4.78, 5) is 2.31. The largest absolute Gasteiger partial charge is 0.354 e. The van der Waals surface area contributed by atoms with Gasteiger partial charge in [0, 0.05) is 30.0 Å². The molecule has 1 saturated heterocycles. The Balaban J connectivity index is 1.65. The smallest absolute Gasteiger partial charge is 0.151 e. The molecule has 0 unspecified atom stereocenters. The number of hydrogen-bond acceptors (Lipinski definition) is 4. The Hall–Kier alpha value is -1.16. The molecule has 2 fully saturated rings. The Morgan fingerprint density at radius 2 is 1.89 bits per heavy atom. The van der Waals surface area contributed by atoms with Crippen molar-refractivity contribution in [2.75, 3.05) is 18.0 Å². The molecule has 18 heavy (non-hydrogen) atoms. The van der Waals surface area contributed by atoms with Crippen molar-refractivity contribution in [2.45, 2.75) is 45.1 Å². The van der Waals surface area contributed by atoms with Crippen LogP contribution >= 0.6 is 0 Å². The molecule has 2 heterocycles. The first-order valence-electron chi connectivity index (χ1n) is 6.73. The molecular formula is C14H22N4. The Labute approximate surface area is 109 Å². The summed E-state index contributed by atoms with van der Waals surface area (Å²) in [5.74, 6) is 1.01. The van der Waals surface area contributed by atoms with Crippen molar-refractivity contribution in [2.24, 2.45) is 11.1 Å². The highest BCUT2D eigenvalue weighted by atomic mass is 15.3. The van der Waals surface area contributed by atoms with Gasteiger partial charge in [-0.25, -0.2) is 0 Å². The number of nitrogens with zero attached hydrogens (tertiary/aromatic N) is 3. The summed E-state index contributed by atoms with van der Waals surface area (Å²) in [7, 11) is 0. The molecule has 0 atom stereocenters. The molecule has 4 heteroatoms. The molecule has 1 saturated carbocycles. The van der Waals surface area contributed by atoms with E-state index in [9.17, 15) is 0 Å². The first-order chi connectivity index (χ1) is 8.38. The molecule has 1 aliphatic carbocycles. The van der Waals surface area contributed by atoms with Crippen LogP contribution in [0.25, 0.3) is 0 Å². The van der Waals surface area contributed by atoms with Gasteiger partial charge in [0.2, 0.25) is 0 Å². The van der Waals surface area contributed by atoms with E-state index in [0.717, 1.165) is 24.6 Å². The summed E-state index contributed by atoms with van der Waals surface area (Å²) >= 11 is 0.